The van der Waals surface area contributed by atoms with Crippen molar-refractivity contribution in [3.63, 3.8) is 0 Å². The first-order chi connectivity index (χ1) is 7.35. The van der Waals surface area contributed by atoms with Gasteiger partial charge in [-0.05, 0) is 13.3 Å². The van der Waals surface area contributed by atoms with Gasteiger partial charge in [0.2, 0.25) is 0 Å². The van der Waals surface area contributed by atoms with Gasteiger partial charge in [-0.3, -0.25) is 0 Å². The Hall–Kier alpha value is -1.58. The summed E-state index contributed by atoms with van der Waals surface area (Å²) in [5.41, 5.74) is 2.49. The van der Waals surface area contributed by atoms with Gasteiger partial charge in [0.1, 0.15) is 0 Å². The van der Waals surface area contributed by atoms with Gasteiger partial charge in [-0.2, -0.15) is 0 Å². The van der Waals surface area contributed by atoms with Gasteiger partial charge in [0.25, 0.3) is 0 Å². The molecule has 0 radical (unpaired) electrons. The summed E-state index contributed by atoms with van der Waals surface area (Å²) in [5, 5.41) is 0. The van der Waals surface area contributed by atoms with E-state index in [2.05, 4.69) is 32.9 Å². The summed E-state index contributed by atoms with van der Waals surface area (Å²) in [7, 11) is 0. The fraction of sp³-hybridized carbons (Fsp3) is 0.455. The summed E-state index contributed by atoms with van der Waals surface area (Å²) in [6, 6.07) is 0. The van der Waals surface area contributed by atoms with Crippen molar-refractivity contribution < 1.29 is 0 Å². The molecule has 2 aromatic heterocycles. The molecule has 2 heterocycles. The van der Waals surface area contributed by atoms with Crippen LogP contribution in [-0.2, 0) is 19.5 Å². The molecule has 0 aromatic carbocycles. The molecule has 0 aliphatic carbocycles. The molecule has 0 atom stereocenters. The molecule has 80 valence electrons. The molecule has 2 aromatic rings. The Morgan fingerprint density at radius 1 is 1.00 bits per heavy atom. The Morgan fingerprint density at radius 3 is 2.33 bits per heavy atom. The highest BCUT2D eigenvalue weighted by atomic mass is 15.1. The zero-order chi connectivity index (χ0) is 10.7. The molecular weight excluding hydrogens is 188 g/mol. The molecule has 2 rings (SSSR count). The first kappa shape index (κ1) is 9.96. The molecule has 0 unspecified atom stereocenters. The van der Waals surface area contributed by atoms with Crippen LogP contribution in [0.3, 0.4) is 0 Å². The second-order valence-electron chi connectivity index (χ2n) is 3.54. The molecule has 0 spiro atoms. The fourth-order valence-electron chi connectivity index (χ4n) is 1.72. The van der Waals surface area contributed by atoms with Crippen LogP contribution in [-0.4, -0.2) is 19.1 Å². The first-order valence-electron chi connectivity index (χ1n) is 5.33. The maximum Gasteiger partial charge on any atom is 0.0951 e. The van der Waals surface area contributed by atoms with Crippen molar-refractivity contribution in [3.05, 3.63) is 36.4 Å². The minimum Gasteiger partial charge on any atom is -0.333 e. The van der Waals surface area contributed by atoms with Gasteiger partial charge in [-0.15, -0.1) is 0 Å². The average Bonchev–Trinajstić information content (AvgIpc) is 2.87. The number of aryl methyl sites for hydroxylation is 2. The van der Waals surface area contributed by atoms with Crippen LogP contribution in [0.5, 0.6) is 0 Å². The van der Waals surface area contributed by atoms with Crippen LogP contribution in [0, 0.1) is 0 Å². The van der Waals surface area contributed by atoms with Gasteiger partial charge in [-0.1, -0.05) is 6.92 Å². The van der Waals surface area contributed by atoms with E-state index in [1.54, 1.807) is 0 Å². The molecule has 0 bridgehead atoms. The van der Waals surface area contributed by atoms with Crippen LogP contribution in [0.15, 0.2) is 25.0 Å². The smallest absolute Gasteiger partial charge is 0.0951 e. The van der Waals surface area contributed by atoms with Gasteiger partial charge in [0, 0.05) is 24.6 Å². The number of hydrogen-bond donors (Lipinski definition) is 0. The third kappa shape index (κ3) is 1.93. The van der Waals surface area contributed by atoms with E-state index in [0.29, 0.717) is 0 Å². The summed E-state index contributed by atoms with van der Waals surface area (Å²) < 4.78 is 4.32. The van der Waals surface area contributed by atoms with Crippen molar-refractivity contribution >= 4 is 0 Å². The topological polar surface area (TPSA) is 35.6 Å². The van der Waals surface area contributed by atoms with E-state index in [1.807, 2.05) is 25.0 Å². The van der Waals surface area contributed by atoms with Crippen molar-refractivity contribution in [2.45, 2.75) is 33.4 Å². The molecule has 4 heteroatoms. The Balaban J connectivity index is 2.21. The summed E-state index contributed by atoms with van der Waals surface area (Å²) in [6.07, 6.45) is 8.61. The van der Waals surface area contributed by atoms with Crippen molar-refractivity contribution in [1.82, 2.24) is 19.1 Å². The predicted octanol–water partition coefficient (Wildman–Crippen LogP) is 1.71. The Morgan fingerprint density at radius 2 is 1.67 bits per heavy atom. The third-order valence-electron chi connectivity index (χ3n) is 2.63. The molecule has 4 nitrogen and oxygen atoms in total. The van der Waals surface area contributed by atoms with E-state index >= 15 is 0 Å². The Kier molecular flexibility index (Phi) is 2.85. The van der Waals surface area contributed by atoms with Crippen molar-refractivity contribution in [1.29, 1.82) is 0 Å². The summed E-state index contributed by atoms with van der Waals surface area (Å²) >= 11 is 0. The van der Waals surface area contributed by atoms with Crippen LogP contribution < -0.4 is 0 Å². The normalized spacial score (nSPS) is 10.8. The molecule has 0 N–H and O–H groups in total. The minimum absolute atomic E-state index is 0.858. The van der Waals surface area contributed by atoms with E-state index in [-0.39, 0.29) is 0 Å². The molecular formula is C11H16N4. The number of hydrogen-bond acceptors (Lipinski definition) is 2. The molecule has 0 saturated heterocycles. The quantitative estimate of drug-likeness (QED) is 0.760. The standard InChI is InChI=1S/C11H16N4/c1-3-10-5-12-9-15(10)7-11-6-13-8-14(11)4-2/h5-6,8-9H,3-4,7H2,1-2H3. The second kappa shape index (κ2) is 4.29. The van der Waals surface area contributed by atoms with Gasteiger partial charge in [0.15, 0.2) is 0 Å². The summed E-state index contributed by atoms with van der Waals surface area (Å²) in [6.45, 7) is 6.09. The number of rotatable bonds is 4. The maximum atomic E-state index is 4.16. The fourth-order valence-corrected chi connectivity index (χ4v) is 1.72. The highest BCUT2D eigenvalue weighted by Crippen LogP contribution is 2.06. The number of imidazole rings is 2. The summed E-state index contributed by atoms with van der Waals surface area (Å²) in [5.74, 6) is 0. The predicted molar refractivity (Wildman–Crippen MR) is 58.6 cm³/mol. The van der Waals surface area contributed by atoms with Crippen molar-refractivity contribution in [2.75, 3.05) is 0 Å². The van der Waals surface area contributed by atoms with Crippen LogP contribution in [0.4, 0.5) is 0 Å². The van der Waals surface area contributed by atoms with E-state index in [0.717, 1.165) is 19.5 Å². The van der Waals surface area contributed by atoms with E-state index < -0.39 is 0 Å². The lowest BCUT2D eigenvalue weighted by Gasteiger charge is -2.08. The molecule has 0 amide bonds. The largest absolute Gasteiger partial charge is 0.333 e. The zero-order valence-corrected chi connectivity index (χ0v) is 9.22. The van der Waals surface area contributed by atoms with Crippen LogP contribution >= 0.6 is 0 Å². The minimum atomic E-state index is 0.858. The third-order valence-corrected chi connectivity index (χ3v) is 2.63. The highest BCUT2D eigenvalue weighted by Gasteiger charge is 2.04. The lowest BCUT2D eigenvalue weighted by molar-refractivity contribution is 0.653. The monoisotopic (exact) mass is 204 g/mol. The SMILES string of the molecule is CCc1cncn1Cc1cncn1CC. The Labute approximate surface area is 89.6 Å². The molecule has 0 fully saturated rings. The van der Waals surface area contributed by atoms with Gasteiger partial charge in [0.05, 0.1) is 24.9 Å². The zero-order valence-electron chi connectivity index (χ0n) is 9.22. The molecule has 15 heavy (non-hydrogen) atoms. The van der Waals surface area contributed by atoms with Crippen molar-refractivity contribution in [3.8, 4) is 0 Å². The van der Waals surface area contributed by atoms with Crippen molar-refractivity contribution in [2.24, 2.45) is 0 Å². The van der Waals surface area contributed by atoms with E-state index in [1.165, 1.54) is 11.4 Å². The number of nitrogens with zero attached hydrogens (tertiary/aromatic N) is 4. The molecule has 0 aliphatic heterocycles. The molecule has 0 saturated carbocycles. The Bertz CT molecular complexity index is 387. The van der Waals surface area contributed by atoms with Gasteiger partial charge < -0.3 is 9.13 Å². The molecule has 0 aliphatic rings. The van der Waals surface area contributed by atoms with Gasteiger partial charge in [-0.25, -0.2) is 9.97 Å². The van der Waals surface area contributed by atoms with E-state index in [4.69, 9.17) is 0 Å². The highest BCUT2D eigenvalue weighted by molar-refractivity contribution is 5.05. The first-order valence-corrected chi connectivity index (χ1v) is 5.33. The van der Waals surface area contributed by atoms with Gasteiger partial charge >= 0.3 is 0 Å². The lowest BCUT2D eigenvalue weighted by atomic mass is 10.3. The summed E-state index contributed by atoms with van der Waals surface area (Å²) in [4.78, 5) is 8.32. The average molecular weight is 204 g/mol. The van der Waals surface area contributed by atoms with Crippen LogP contribution in [0.2, 0.25) is 0 Å². The maximum absolute atomic E-state index is 4.16. The van der Waals surface area contributed by atoms with Crippen LogP contribution in [0.1, 0.15) is 25.2 Å². The number of aromatic nitrogens is 4. The second-order valence-corrected chi connectivity index (χ2v) is 3.54. The van der Waals surface area contributed by atoms with Crippen LogP contribution in [0.25, 0.3) is 0 Å². The lowest BCUT2D eigenvalue weighted by Crippen LogP contribution is -2.07. The van der Waals surface area contributed by atoms with E-state index in [9.17, 15) is 0 Å².